The van der Waals surface area contributed by atoms with Gasteiger partial charge in [0.15, 0.2) is 0 Å². The lowest BCUT2D eigenvalue weighted by Gasteiger charge is -2.08. The molecular formula is C19H19Cl2N3O2. The number of aromatic nitrogens is 2. The van der Waals surface area contributed by atoms with E-state index in [1.807, 2.05) is 44.2 Å². The molecule has 0 atom stereocenters. The van der Waals surface area contributed by atoms with Gasteiger partial charge in [-0.2, -0.15) is 0 Å². The zero-order valence-electron chi connectivity index (χ0n) is 14.4. The van der Waals surface area contributed by atoms with Crippen molar-refractivity contribution in [3.63, 3.8) is 0 Å². The van der Waals surface area contributed by atoms with Crippen LogP contribution < -0.4 is 5.73 Å². The first-order valence-corrected chi connectivity index (χ1v) is 8.49. The number of rotatable bonds is 2. The van der Waals surface area contributed by atoms with Gasteiger partial charge in [0.2, 0.25) is 0 Å². The van der Waals surface area contributed by atoms with Crippen molar-refractivity contribution in [2.45, 2.75) is 13.8 Å². The van der Waals surface area contributed by atoms with Crippen LogP contribution in [-0.2, 0) is 4.79 Å². The summed E-state index contributed by atoms with van der Waals surface area (Å²) in [7, 11) is 0. The monoisotopic (exact) mass is 391 g/mol. The van der Waals surface area contributed by atoms with E-state index in [4.69, 9.17) is 34.0 Å². The fraction of sp³-hybridized carbons (Fsp3) is 0.105. The Bertz CT molecular complexity index is 909. The molecule has 0 aliphatic rings. The molecule has 26 heavy (non-hydrogen) atoms. The number of fused-ring (bicyclic) bond motifs is 1. The average molecular weight is 392 g/mol. The number of halogens is 2. The van der Waals surface area contributed by atoms with E-state index in [9.17, 15) is 4.79 Å². The van der Waals surface area contributed by atoms with Crippen molar-refractivity contribution in [3.8, 4) is 11.1 Å². The van der Waals surface area contributed by atoms with E-state index in [0.29, 0.717) is 15.9 Å². The summed E-state index contributed by atoms with van der Waals surface area (Å²) in [4.78, 5) is 17.5. The highest BCUT2D eigenvalue weighted by Gasteiger charge is 2.09. The van der Waals surface area contributed by atoms with E-state index < -0.39 is 5.97 Å². The summed E-state index contributed by atoms with van der Waals surface area (Å²) < 4.78 is 0. The molecule has 1 heterocycles. The zero-order valence-corrected chi connectivity index (χ0v) is 15.9. The Balaban J connectivity index is 0.000000420. The summed E-state index contributed by atoms with van der Waals surface area (Å²) in [6.45, 7) is 6.96. The first kappa shape index (κ1) is 21.4. The van der Waals surface area contributed by atoms with Gasteiger partial charge in [0, 0.05) is 6.08 Å². The molecule has 0 radical (unpaired) electrons. The average Bonchev–Trinajstić information content (AvgIpc) is 2.66. The summed E-state index contributed by atoms with van der Waals surface area (Å²) in [5.41, 5.74) is 8.63. The van der Waals surface area contributed by atoms with E-state index >= 15 is 0 Å². The third-order valence-corrected chi connectivity index (χ3v) is 3.84. The van der Waals surface area contributed by atoms with Crippen LogP contribution >= 0.6 is 23.2 Å². The number of benzene rings is 2. The van der Waals surface area contributed by atoms with Gasteiger partial charge in [0.1, 0.15) is 12.1 Å². The maximum Gasteiger partial charge on any atom is 0.327 e. The molecule has 3 aromatic rings. The molecule has 1 aromatic heterocycles. The highest BCUT2D eigenvalue weighted by molar-refractivity contribution is 6.42. The number of anilines is 1. The van der Waals surface area contributed by atoms with Crippen LogP contribution in [0.25, 0.3) is 22.0 Å². The lowest BCUT2D eigenvalue weighted by atomic mass is 10.0. The van der Waals surface area contributed by atoms with Gasteiger partial charge in [-0.1, -0.05) is 61.8 Å². The van der Waals surface area contributed by atoms with Crippen LogP contribution in [0.15, 0.2) is 55.4 Å². The van der Waals surface area contributed by atoms with Crippen molar-refractivity contribution in [1.29, 1.82) is 0 Å². The second kappa shape index (κ2) is 10.4. The Hall–Kier alpha value is -2.63. The predicted molar refractivity (Wildman–Crippen MR) is 109 cm³/mol. The summed E-state index contributed by atoms with van der Waals surface area (Å²) in [6.07, 6.45) is 2.29. The SMILES string of the molecule is C=CC(=O)O.CC.Nc1ncnc2cccc(-c3ccc(Cl)c(Cl)c3)c12. The minimum absolute atomic E-state index is 0.451. The Morgan fingerprint density at radius 3 is 2.38 bits per heavy atom. The number of nitrogens with zero attached hydrogens (tertiary/aromatic N) is 2. The molecule has 7 heteroatoms. The number of carboxylic acid groups (broad SMARTS) is 1. The maximum absolute atomic E-state index is 9.25. The second-order valence-electron chi connectivity index (χ2n) is 4.63. The Morgan fingerprint density at radius 2 is 1.81 bits per heavy atom. The number of hydrogen-bond acceptors (Lipinski definition) is 4. The molecule has 0 bridgehead atoms. The zero-order chi connectivity index (χ0) is 19.7. The van der Waals surface area contributed by atoms with Crippen molar-refractivity contribution in [3.05, 3.63) is 65.4 Å². The summed E-state index contributed by atoms with van der Waals surface area (Å²) in [5, 5.41) is 9.46. The van der Waals surface area contributed by atoms with Crippen LogP contribution in [0.2, 0.25) is 10.0 Å². The fourth-order valence-electron chi connectivity index (χ4n) is 2.04. The number of carbonyl (C=O) groups is 1. The fourth-order valence-corrected chi connectivity index (χ4v) is 2.34. The number of carboxylic acids is 1. The topological polar surface area (TPSA) is 89.1 Å². The molecule has 0 amide bonds. The molecule has 0 unspecified atom stereocenters. The summed E-state index contributed by atoms with van der Waals surface area (Å²) in [6, 6.07) is 11.3. The molecule has 0 aliphatic heterocycles. The largest absolute Gasteiger partial charge is 0.478 e. The van der Waals surface area contributed by atoms with Gasteiger partial charge in [0.05, 0.1) is 20.9 Å². The van der Waals surface area contributed by atoms with E-state index in [1.54, 1.807) is 6.07 Å². The number of nitrogens with two attached hydrogens (primary N) is 1. The molecule has 0 saturated carbocycles. The lowest BCUT2D eigenvalue weighted by Crippen LogP contribution is -1.95. The van der Waals surface area contributed by atoms with Crippen molar-refractivity contribution in [1.82, 2.24) is 9.97 Å². The predicted octanol–water partition coefficient (Wildman–Crippen LogP) is 5.47. The lowest BCUT2D eigenvalue weighted by molar-refractivity contribution is -0.131. The standard InChI is InChI=1S/C14H9Cl2N3.C3H4O2.C2H6/c15-10-5-4-8(6-11(10)16)9-2-1-3-12-13(9)14(17)19-7-18-12;1-2-3(4)5;1-2/h1-7H,(H2,17,18,19);2H,1H2,(H,4,5);1-2H3. The minimum atomic E-state index is -0.981. The van der Waals surface area contributed by atoms with E-state index in [0.717, 1.165) is 28.1 Å². The number of nitrogen functional groups attached to an aromatic ring is 1. The Kier molecular flexibility index (Phi) is 8.55. The van der Waals surface area contributed by atoms with Crippen LogP contribution in [0.3, 0.4) is 0 Å². The third kappa shape index (κ3) is 5.44. The van der Waals surface area contributed by atoms with Crippen molar-refractivity contribution in [2.24, 2.45) is 0 Å². The molecule has 0 spiro atoms. The second-order valence-corrected chi connectivity index (χ2v) is 5.44. The minimum Gasteiger partial charge on any atom is -0.478 e. The smallest absolute Gasteiger partial charge is 0.327 e. The van der Waals surface area contributed by atoms with Crippen molar-refractivity contribution in [2.75, 3.05) is 5.73 Å². The molecule has 0 saturated heterocycles. The molecular weight excluding hydrogens is 373 g/mol. The van der Waals surface area contributed by atoms with Gasteiger partial charge in [-0.05, 0) is 29.3 Å². The highest BCUT2D eigenvalue weighted by Crippen LogP contribution is 2.33. The molecule has 0 aliphatic carbocycles. The number of hydrogen-bond donors (Lipinski definition) is 2. The Labute approximate surface area is 162 Å². The molecule has 0 fully saturated rings. The normalized spacial score (nSPS) is 9.38. The maximum atomic E-state index is 9.25. The van der Waals surface area contributed by atoms with E-state index in [2.05, 4.69) is 16.5 Å². The van der Waals surface area contributed by atoms with Crippen molar-refractivity contribution >= 4 is 45.9 Å². The van der Waals surface area contributed by atoms with Gasteiger partial charge in [-0.25, -0.2) is 14.8 Å². The van der Waals surface area contributed by atoms with Gasteiger partial charge < -0.3 is 10.8 Å². The third-order valence-electron chi connectivity index (χ3n) is 3.10. The van der Waals surface area contributed by atoms with Crippen LogP contribution in [0.5, 0.6) is 0 Å². The quantitative estimate of drug-likeness (QED) is 0.565. The van der Waals surface area contributed by atoms with Gasteiger partial charge in [-0.15, -0.1) is 0 Å². The van der Waals surface area contributed by atoms with Gasteiger partial charge in [0.25, 0.3) is 0 Å². The van der Waals surface area contributed by atoms with Crippen LogP contribution in [0.4, 0.5) is 5.82 Å². The molecule has 2 aromatic carbocycles. The molecule has 136 valence electrons. The van der Waals surface area contributed by atoms with E-state index in [-0.39, 0.29) is 0 Å². The molecule has 3 N–H and O–H groups in total. The first-order chi connectivity index (χ1) is 12.4. The van der Waals surface area contributed by atoms with E-state index in [1.165, 1.54) is 6.33 Å². The van der Waals surface area contributed by atoms with Crippen LogP contribution in [0.1, 0.15) is 13.8 Å². The van der Waals surface area contributed by atoms with Gasteiger partial charge >= 0.3 is 5.97 Å². The Morgan fingerprint density at radius 1 is 1.15 bits per heavy atom. The summed E-state index contributed by atoms with van der Waals surface area (Å²) >= 11 is 12.0. The van der Waals surface area contributed by atoms with Crippen molar-refractivity contribution < 1.29 is 9.90 Å². The van der Waals surface area contributed by atoms with Gasteiger partial charge in [-0.3, -0.25) is 0 Å². The highest BCUT2D eigenvalue weighted by atomic mass is 35.5. The molecule has 3 rings (SSSR count). The van der Waals surface area contributed by atoms with Crippen LogP contribution in [-0.4, -0.2) is 21.0 Å². The van der Waals surface area contributed by atoms with Crippen LogP contribution in [0, 0.1) is 0 Å². The first-order valence-electron chi connectivity index (χ1n) is 7.74. The molecule has 5 nitrogen and oxygen atoms in total. The number of aliphatic carboxylic acids is 1. The summed E-state index contributed by atoms with van der Waals surface area (Å²) in [5.74, 6) is -0.531.